The van der Waals surface area contributed by atoms with E-state index in [-0.39, 0.29) is 0 Å². The molecule has 3 aromatic rings. The molecule has 0 fully saturated rings. The number of benzene rings is 1. The van der Waals surface area contributed by atoms with Crippen molar-refractivity contribution in [3.63, 3.8) is 0 Å². The maximum absolute atomic E-state index is 4.74. The van der Waals surface area contributed by atoms with Gasteiger partial charge in [-0.1, -0.05) is 26.0 Å². The lowest BCUT2D eigenvalue weighted by Gasteiger charge is -2.09. The van der Waals surface area contributed by atoms with Crippen molar-refractivity contribution in [2.45, 2.75) is 26.7 Å². The number of rotatable bonds is 5. The lowest BCUT2D eigenvalue weighted by atomic mass is 10.2. The van der Waals surface area contributed by atoms with Gasteiger partial charge in [-0.25, -0.2) is 9.97 Å². The second kappa shape index (κ2) is 6.22. The summed E-state index contributed by atoms with van der Waals surface area (Å²) >= 11 is 1.77. The molecular weight excluding hydrogens is 278 g/mol. The minimum Gasteiger partial charge on any atom is -0.369 e. The number of anilines is 1. The van der Waals surface area contributed by atoms with Crippen LogP contribution in [0.15, 0.2) is 36.4 Å². The van der Waals surface area contributed by atoms with Crippen LogP contribution in [0.2, 0.25) is 0 Å². The Balaban J connectivity index is 2.10. The first-order chi connectivity index (χ1) is 10.3. The van der Waals surface area contributed by atoms with Crippen molar-refractivity contribution < 1.29 is 0 Å². The average molecular weight is 297 g/mol. The van der Waals surface area contributed by atoms with Gasteiger partial charge in [0.15, 0.2) is 5.82 Å². The van der Waals surface area contributed by atoms with Gasteiger partial charge in [0.1, 0.15) is 5.82 Å². The average Bonchev–Trinajstić information content (AvgIpc) is 3.01. The summed E-state index contributed by atoms with van der Waals surface area (Å²) in [5.74, 6) is 1.75. The minimum atomic E-state index is 0.817. The summed E-state index contributed by atoms with van der Waals surface area (Å²) in [6.45, 7) is 5.25. The molecule has 2 aromatic heterocycles. The Morgan fingerprint density at radius 3 is 2.67 bits per heavy atom. The van der Waals surface area contributed by atoms with Gasteiger partial charge >= 0.3 is 0 Å². The highest BCUT2D eigenvalue weighted by Crippen LogP contribution is 2.29. The molecule has 0 unspecified atom stereocenters. The van der Waals surface area contributed by atoms with Gasteiger partial charge in [0.05, 0.1) is 10.4 Å². The van der Waals surface area contributed by atoms with Crippen molar-refractivity contribution in [2.24, 2.45) is 0 Å². The first kappa shape index (κ1) is 14.0. The number of aromatic nitrogens is 2. The van der Waals surface area contributed by atoms with Gasteiger partial charge in [-0.05, 0) is 37.1 Å². The fourth-order valence-electron chi connectivity index (χ4n) is 2.25. The number of nitrogens with one attached hydrogen (secondary N) is 1. The van der Waals surface area contributed by atoms with Gasteiger partial charge in [0, 0.05) is 16.8 Å². The number of para-hydroxylation sites is 1. The van der Waals surface area contributed by atoms with E-state index >= 15 is 0 Å². The fourth-order valence-corrected chi connectivity index (χ4v) is 3.13. The zero-order valence-electron chi connectivity index (χ0n) is 12.4. The summed E-state index contributed by atoms with van der Waals surface area (Å²) in [5, 5.41) is 4.51. The maximum atomic E-state index is 4.74. The summed E-state index contributed by atoms with van der Waals surface area (Å²) < 4.78 is 0. The van der Waals surface area contributed by atoms with Crippen LogP contribution < -0.4 is 5.32 Å². The molecule has 2 heterocycles. The molecule has 0 aliphatic heterocycles. The maximum Gasteiger partial charge on any atom is 0.172 e. The Kier molecular flexibility index (Phi) is 4.15. The van der Waals surface area contributed by atoms with E-state index in [2.05, 4.69) is 37.4 Å². The van der Waals surface area contributed by atoms with E-state index < -0.39 is 0 Å². The molecule has 0 bridgehead atoms. The molecule has 0 atom stereocenters. The lowest BCUT2D eigenvalue weighted by Crippen LogP contribution is -2.04. The molecule has 0 spiro atoms. The third kappa shape index (κ3) is 2.90. The van der Waals surface area contributed by atoms with E-state index in [4.69, 9.17) is 9.97 Å². The van der Waals surface area contributed by atoms with Crippen LogP contribution in [0.25, 0.3) is 21.6 Å². The van der Waals surface area contributed by atoms with Crippen molar-refractivity contribution in [3.05, 3.63) is 41.3 Å². The van der Waals surface area contributed by atoms with Crippen LogP contribution in [0.3, 0.4) is 0 Å². The topological polar surface area (TPSA) is 37.8 Å². The Labute approximate surface area is 129 Å². The first-order valence-corrected chi connectivity index (χ1v) is 8.23. The van der Waals surface area contributed by atoms with E-state index in [1.165, 1.54) is 4.88 Å². The smallest absolute Gasteiger partial charge is 0.172 e. The van der Waals surface area contributed by atoms with Gasteiger partial charge in [-0.15, -0.1) is 11.3 Å². The van der Waals surface area contributed by atoms with Crippen molar-refractivity contribution in [2.75, 3.05) is 11.9 Å². The number of aryl methyl sites for hydroxylation is 1. The molecule has 0 saturated carbocycles. The summed E-state index contributed by atoms with van der Waals surface area (Å²) in [6, 6.07) is 12.5. The third-order valence-corrected chi connectivity index (χ3v) is 4.60. The second-order valence-corrected chi connectivity index (χ2v) is 6.13. The summed E-state index contributed by atoms with van der Waals surface area (Å²) in [6.07, 6.45) is 2.13. The van der Waals surface area contributed by atoms with Gasteiger partial charge < -0.3 is 5.32 Å². The van der Waals surface area contributed by atoms with Crippen LogP contribution >= 0.6 is 11.3 Å². The first-order valence-electron chi connectivity index (χ1n) is 7.41. The van der Waals surface area contributed by atoms with Gasteiger partial charge in [0.25, 0.3) is 0 Å². The predicted molar refractivity (Wildman–Crippen MR) is 91.0 cm³/mol. The zero-order chi connectivity index (χ0) is 14.7. The van der Waals surface area contributed by atoms with Crippen LogP contribution in [-0.2, 0) is 6.42 Å². The molecule has 21 heavy (non-hydrogen) atoms. The molecule has 0 saturated heterocycles. The van der Waals surface area contributed by atoms with Crippen molar-refractivity contribution in [1.29, 1.82) is 0 Å². The van der Waals surface area contributed by atoms with Crippen molar-refractivity contribution in [1.82, 2.24) is 9.97 Å². The Morgan fingerprint density at radius 1 is 1.05 bits per heavy atom. The molecular formula is C17H19N3S. The van der Waals surface area contributed by atoms with E-state index in [0.717, 1.165) is 46.8 Å². The molecule has 0 amide bonds. The number of hydrogen-bond donors (Lipinski definition) is 1. The van der Waals surface area contributed by atoms with Gasteiger partial charge in [-0.2, -0.15) is 0 Å². The van der Waals surface area contributed by atoms with Gasteiger partial charge in [0.2, 0.25) is 0 Å². The van der Waals surface area contributed by atoms with Gasteiger partial charge in [-0.3, -0.25) is 0 Å². The second-order valence-electron chi connectivity index (χ2n) is 4.96. The third-order valence-electron chi connectivity index (χ3n) is 3.38. The predicted octanol–water partition coefficient (Wildman–Crippen LogP) is 4.74. The Hall–Kier alpha value is -1.94. The lowest BCUT2D eigenvalue weighted by molar-refractivity contribution is 0.970. The number of nitrogens with zero attached hydrogens (tertiary/aromatic N) is 2. The van der Waals surface area contributed by atoms with E-state index in [1.807, 2.05) is 18.2 Å². The Bertz CT molecular complexity index is 749. The molecule has 0 aliphatic carbocycles. The molecule has 3 nitrogen and oxygen atoms in total. The number of hydrogen-bond acceptors (Lipinski definition) is 4. The zero-order valence-corrected chi connectivity index (χ0v) is 13.2. The fraction of sp³-hybridized carbons (Fsp3) is 0.294. The minimum absolute atomic E-state index is 0.817. The van der Waals surface area contributed by atoms with E-state index in [1.54, 1.807) is 11.3 Å². The highest BCUT2D eigenvalue weighted by molar-refractivity contribution is 7.15. The summed E-state index contributed by atoms with van der Waals surface area (Å²) in [4.78, 5) is 12.0. The van der Waals surface area contributed by atoms with Crippen LogP contribution in [0.5, 0.6) is 0 Å². The van der Waals surface area contributed by atoms with E-state index in [0.29, 0.717) is 0 Å². The van der Waals surface area contributed by atoms with Crippen LogP contribution in [0.1, 0.15) is 25.1 Å². The highest BCUT2D eigenvalue weighted by atomic mass is 32.1. The SMILES string of the molecule is CCCNc1nc(-c2ccc(CC)s2)nc2ccccc12. The largest absolute Gasteiger partial charge is 0.369 e. The van der Waals surface area contributed by atoms with Crippen molar-refractivity contribution >= 4 is 28.1 Å². The molecule has 4 heteroatoms. The van der Waals surface area contributed by atoms with Crippen molar-refractivity contribution in [3.8, 4) is 10.7 Å². The normalized spacial score (nSPS) is 11.0. The Morgan fingerprint density at radius 2 is 1.90 bits per heavy atom. The monoisotopic (exact) mass is 297 g/mol. The van der Waals surface area contributed by atoms with Crippen LogP contribution in [0.4, 0.5) is 5.82 Å². The molecule has 0 aliphatic rings. The molecule has 108 valence electrons. The van der Waals surface area contributed by atoms with Crippen LogP contribution in [0, 0.1) is 0 Å². The van der Waals surface area contributed by atoms with E-state index in [9.17, 15) is 0 Å². The number of fused-ring (bicyclic) bond motifs is 1. The van der Waals surface area contributed by atoms with Crippen LogP contribution in [-0.4, -0.2) is 16.5 Å². The molecule has 1 aromatic carbocycles. The molecule has 0 radical (unpaired) electrons. The standard InChI is InChI=1S/C17H19N3S/c1-3-11-18-16-13-7-5-6-8-14(13)19-17(20-16)15-10-9-12(4-2)21-15/h5-10H,3-4,11H2,1-2H3,(H,18,19,20). The summed E-state index contributed by atoms with van der Waals surface area (Å²) in [7, 11) is 0. The molecule has 1 N–H and O–H groups in total. The molecule has 3 rings (SSSR count). The summed E-state index contributed by atoms with van der Waals surface area (Å²) in [5.41, 5.74) is 0.993. The quantitative estimate of drug-likeness (QED) is 0.739. The number of thiophene rings is 1. The highest BCUT2D eigenvalue weighted by Gasteiger charge is 2.10.